The lowest BCUT2D eigenvalue weighted by molar-refractivity contribution is -0.324. The number of benzene rings is 4. The van der Waals surface area contributed by atoms with Crippen LogP contribution >= 0.6 is 0 Å². The van der Waals surface area contributed by atoms with Gasteiger partial charge in [0.2, 0.25) is 0 Å². The molecule has 4 aromatic carbocycles. The summed E-state index contributed by atoms with van der Waals surface area (Å²) in [5.41, 5.74) is 2.55. The van der Waals surface area contributed by atoms with E-state index in [9.17, 15) is 19.2 Å². The van der Waals surface area contributed by atoms with Crippen molar-refractivity contribution in [3.63, 3.8) is 0 Å². The average Bonchev–Trinajstić information content (AvgIpc) is 3.80. The van der Waals surface area contributed by atoms with Gasteiger partial charge in [0.05, 0.1) is 41.1 Å². The van der Waals surface area contributed by atoms with Crippen molar-refractivity contribution in [3.8, 4) is 0 Å². The second kappa shape index (κ2) is 20.2. The fourth-order valence-electron chi connectivity index (χ4n) is 16.6. The third-order valence-electron chi connectivity index (χ3n) is 20.5. The molecule has 10 heteroatoms. The fraction of sp³-hybridized carbons (Fsp3) is 0.531. The molecule has 0 N–H and O–H groups in total. The Morgan fingerprint density at radius 3 is 1.61 bits per heavy atom. The van der Waals surface area contributed by atoms with Crippen molar-refractivity contribution < 1.29 is 47.6 Å². The van der Waals surface area contributed by atoms with Gasteiger partial charge in [-0.25, -0.2) is 19.2 Å². The number of rotatable bonds is 12. The van der Waals surface area contributed by atoms with Gasteiger partial charge >= 0.3 is 23.9 Å². The van der Waals surface area contributed by atoms with Gasteiger partial charge in [0, 0.05) is 5.41 Å². The molecule has 0 amide bonds. The van der Waals surface area contributed by atoms with Gasteiger partial charge in [0.15, 0.2) is 24.6 Å². The zero-order valence-corrected chi connectivity index (χ0v) is 44.5. The monoisotopic (exact) mass is 1000 g/mol. The first-order valence-corrected chi connectivity index (χ1v) is 27.4. The minimum atomic E-state index is -1.31. The summed E-state index contributed by atoms with van der Waals surface area (Å²) in [6, 6.07) is 35.3. The van der Waals surface area contributed by atoms with Crippen LogP contribution < -0.4 is 0 Å². The number of allylic oxidation sites excluding steroid dienone is 1. The molecule has 4 aromatic rings. The van der Waals surface area contributed by atoms with Gasteiger partial charge in [0.1, 0.15) is 0 Å². The number of carbonyl (C=O) groups excluding carboxylic acids is 4. The quantitative estimate of drug-likeness (QED) is 0.0586. The first-order valence-electron chi connectivity index (χ1n) is 27.4. The van der Waals surface area contributed by atoms with Crippen LogP contribution in [0.2, 0.25) is 0 Å². The van der Waals surface area contributed by atoms with Gasteiger partial charge in [-0.05, 0) is 178 Å². The van der Waals surface area contributed by atoms with Crippen LogP contribution in [0.5, 0.6) is 0 Å². The molecule has 10 nitrogen and oxygen atoms in total. The van der Waals surface area contributed by atoms with Gasteiger partial charge in [-0.15, -0.1) is 0 Å². The van der Waals surface area contributed by atoms with Crippen LogP contribution in [-0.2, 0) is 28.4 Å². The summed E-state index contributed by atoms with van der Waals surface area (Å²) in [6.45, 7) is 21.6. The highest BCUT2D eigenvalue weighted by Gasteiger charge is 2.71. The first-order chi connectivity index (χ1) is 35.4. The molecular weight excluding hydrogens is 929 g/mol. The highest BCUT2D eigenvalue weighted by Crippen LogP contribution is 2.77. The van der Waals surface area contributed by atoms with Crippen molar-refractivity contribution >= 4 is 23.9 Å². The molecule has 0 radical (unpaired) electrons. The highest BCUT2D eigenvalue weighted by molar-refractivity contribution is 5.91. The molecule has 1 aliphatic heterocycles. The van der Waals surface area contributed by atoms with E-state index >= 15 is 0 Å². The maximum Gasteiger partial charge on any atom is 0.338 e. The maximum atomic E-state index is 14.2. The molecule has 5 aliphatic carbocycles. The van der Waals surface area contributed by atoms with Crippen LogP contribution in [0.1, 0.15) is 154 Å². The Hall–Kier alpha value is -5.58. The van der Waals surface area contributed by atoms with Gasteiger partial charge in [0.25, 0.3) is 0 Å². The second-order valence-corrected chi connectivity index (χ2v) is 24.4. The average molecular weight is 1010 g/mol. The number of carbonyl (C=O) groups is 4. The van der Waals surface area contributed by atoms with Crippen molar-refractivity contribution in [3.05, 3.63) is 156 Å². The third-order valence-corrected chi connectivity index (χ3v) is 20.5. The number of fused-ring (bicyclic) bond motifs is 7. The zero-order valence-electron chi connectivity index (χ0n) is 44.5. The fourth-order valence-corrected chi connectivity index (χ4v) is 16.6. The van der Waals surface area contributed by atoms with Crippen molar-refractivity contribution in [2.24, 2.45) is 56.7 Å². The van der Waals surface area contributed by atoms with E-state index < -0.39 is 48.6 Å². The summed E-state index contributed by atoms with van der Waals surface area (Å²) in [6.07, 6.45) is 4.34. The Labute approximate surface area is 438 Å². The molecule has 0 bridgehead atoms. The molecule has 6 aliphatic rings. The lowest BCUT2D eigenvalue weighted by Gasteiger charge is -2.73. The number of hydrogen-bond donors (Lipinski definition) is 0. The van der Waals surface area contributed by atoms with Crippen LogP contribution in [0.15, 0.2) is 133 Å². The molecule has 0 unspecified atom stereocenters. The second-order valence-electron chi connectivity index (χ2n) is 24.4. The number of esters is 4. The van der Waals surface area contributed by atoms with Crippen LogP contribution in [0.4, 0.5) is 0 Å². The molecule has 1 heterocycles. The van der Waals surface area contributed by atoms with Crippen LogP contribution in [0.3, 0.4) is 0 Å². The van der Waals surface area contributed by atoms with E-state index in [1.165, 1.54) is 5.57 Å². The minimum absolute atomic E-state index is 0.0118. The van der Waals surface area contributed by atoms with Gasteiger partial charge < -0.3 is 28.4 Å². The smallest absolute Gasteiger partial charge is 0.338 e. The molecule has 6 fully saturated rings. The van der Waals surface area contributed by atoms with E-state index in [1.807, 2.05) is 48.5 Å². The molecule has 5 saturated carbocycles. The SMILES string of the molecule is C=C(C)[C@@H]1CC[C@]2(COC(=O)c3ccccc3)CC[C@]3(C)[C@H](CC[C@@H]4[C@@]5(C)CC[C@H](O[C@@H]6O[C@@H](C)[C@H](OC(=O)c7ccccc7)[C@@H](OC(=O)c7ccccc7)[C@H]6OC(=O)c6ccccc6)C(C)(C)[C@@H]5CC[C@]43C)[C@@H]12. The zero-order chi connectivity index (χ0) is 52.2. The minimum Gasteiger partial charge on any atom is -0.461 e. The van der Waals surface area contributed by atoms with Crippen molar-refractivity contribution in [1.82, 2.24) is 0 Å². The Bertz CT molecular complexity index is 2690. The third kappa shape index (κ3) is 9.03. The van der Waals surface area contributed by atoms with Crippen molar-refractivity contribution in [1.29, 1.82) is 0 Å². The summed E-state index contributed by atoms with van der Waals surface area (Å²) in [5, 5.41) is 0. The van der Waals surface area contributed by atoms with Crippen molar-refractivity contribution in [2.45, 2.75) is 149 Å². The largest absolute Gasteiger partial charge is 0.461 e. The van der Waals surface area contributed by atoms with Gasteiger partial charge in [-0.2, -0.15) is 0 Å². The molecular formula is C64H76O10. The first kappa shape index (κ1) is 51.9. The number of ether oxygens (including phenoxy) is 6. The molecule has 10 rings (SSSR count). The van der Waals surface area contributed by atoms with Crippen LogP contribution in [-0.4, -0.2) is 67.3 Å². The van der Waals surface area contributed by atoms with Crippen molar-refractivity contribution in [2.75, 3.05) is 6.61 Å². The summed E-state index contributed by atoms with van der Waals surface area (Å²) in [7, 11) is 0. The Morgan fingerprint density at radius 1 is 0.554 bits per heavy atom. The Kier molecular flexibility index (Phi) is 14.1. The Morgan fingerprint density at radius 2 is 1.07 bits per heavy atom. The lowest BCUT2D eigenvalue weighted by atomic mass is 9.32. The van der Waals surface area contributed by atoms with E-state index in [-0.39, 0.29) is 39.1 Å². The normalized spacial score (nSPS) is 36.8. The number of hydrogen-bond acceptors (Lipinski definition) is 10. The van der Waals surface area contributed by atoms with E-state index in [0.717, 1.165) is 64.2 Å². The highest BCUT2D eigenvalue weighted by atomic mass is 16.7. The van der Waals surface area contributed by atoms with E-state index in [0.29, 0.717) is 58.5 Å². The molecule has 392 valence electrons. The predicted octanol–water partition coefficient (Wildman–Crippen LogP) is 13.3. The van der Waals surface area contributed by atoms with E-state index in [1.54, 1.807) is 79.7 Å². The molecule has 0 spiro atoms. The van der Waals surface area contributed by atoms with Gasteiger partial charge in [-0.3, -0.25) is 0 Å². The summed E-state index contributed by atoms with van der Waals surface area (Å²) < 4.78 is 39.3. The standard InChI is InChI=1S/C64H76O10/c1-40(2)46-31-36-64(39-69-55(65)42-21-13-9-14-22-42)38-37-62(7)47(51(46)64)29-30-49-61(6)34-33-50(60(4,5)48(61)32-35-63(49,62)8)71-59-54(74-58(68)45-27-19-12-20-28-45)53(73-57(67)44-25-17-11-18-26-44)52(41(3)70-59)72-56(66)43-23-15-10-16-24-43/h9-28,41,46-54,59H,1,29-39H2,2-8H3/t41-,46-,47+,48-,49+,50-,51+,52-,53+,54+,59-,61-,62+,63+,64+/m0/s1. The molecule has 0 aromatic heterocycles. The topological polar surface area (TPSA) is 124 Å². The van der Waals surface area contributed by atoms with Crippen LogP contribution in [0, 0.1) is 56.7 Å². The molecule has 1 saturated heterocycles. The summed E-state index contributed by atoms with van der Waals surface area (Å²) in [4.78, 5) is 55.5. The molecule has 15 atom stereocenters. The van der Waals surface area contributed by atoms with E-state index in [2.05, 4.69) is 48.1 Å². The summed E-state index contributed by atoms with van der Waals surface area (Å²) >= 11 is 0. The maximum absolute atomic E-state index is 14.2. The Balaban J connectivity index is 0.923. The van der Waals surface area contributed by atoms with Crippen LogP contribution in [0.25, 0.3) is 0 Å². The lowest BCUT2D eigenvalue weighted by Crippen LogP contribution is -2.67. The van der Waals surface area contributed by atoms with Gasteiger partial charge in [-0.1, -0.05) is 120 Å². The predicted molar refractivity (Wildman–Crippen MR) is 282 cm³/mol. The van der Waals surface area contributed by atoms with E-state index in [4.69, 9.17) is 28.4 Å². The summed E-state index contributed by atoms with van der Waals surface area (Å²) in [5.74, 6) is -0.0841. The molecule has 74 heavy (non-hydrogen) atoms.